The lowest BCUT2D eigenvalue weighted by Gasteiger charge is -2.41. The predicted molar refractivity (Wildman–Crippen MR) is 66.0 cm³/mol. The third-order valence-electron chi connectivity index (χ3n) is 3.15. The summed E-state index contributed by atoms with van der Waals surface area (Å²) in [5, 5.41) is 0. The standard InChI is InChI=1S/C13H22N2O/c1-5-6-13(2,3)15-9-7-14(8-10-15)11-12-16-4/h1H,7-12H2,2-4H3. The smallest absolute Gasteiger partial charge is 0.0769 e. The normalized spacial score (nSPS) is 19.2. The van der Waals surface area contributed by atoms with Crippen molar-refractivity contribution in [3.8, 4) is 11.8 Å². The van der Waals surface area contributed by atoms with E-state index in [0.717, 1.165) is 39.3 Å². The number of hydrogen-bond acceptors (Lipinski definition) is 3. The fraction of sp³-hybridized carbons (Fsp3) is 0.769. The molecule has 0 bridgehead atoms. The summed E-state index contributed by atoms with van der Waals surface area (Å²) < 4.78 is 5.08. The van der Waals surface area contributed by atoms with Crippen molar-refractivity contribution < 1.29 is 4.74 Å². The Morgan fingerprint density at radius 1 is 1.25 bits per heavy atom. The van der Waals surface area contributed by atoms with E-state index in [9.17, 15) is 0 Å². The molecule has 0 aromatic rings. The topological polar surface area (TPSA) is 15.7 Å². The third kappa shape index (κ3) is 3.79. The van der Waals surface area contributed by atoms with Gasteiger partial charge in [-0.2, -0.15) is 0 Å². The Morgan fingerprint density at radius 3 is 2.38 bits per heavy atom. The molecule has 0 N–H and O–H groups in total. The summed E-state index contributed by atoms with van der Waals surface area (Å²) in [6, 6.07) is 0. The van der Waals surface area contributed by atoms with Gasteiger partial charge in [0.25, 0.3) is 0 Å². The molecule has 0 aromatic carbocycles. The van der Waals surface area contributed by atoms with Crippen LogP contribution in [-0.2, 0) is 4.74 Å². The average Bonchev–Trinajstić information content (AvgIpc) is 2.27. The van der Waals surface area contributed by atoms with Crippen LogP contribution in [0.1, 0.15) is 13.8 Å². The van der Waals surface area contributed by atoms with Crippen LogP contribution >= 0.6 is 0 Å². The molecule has 0 aliphatic carbocycles. The van der Waals surface area contributed by atoms with Crippen LogP contribution in [0, 0.1) is 18.8 Å². The minimum atomic E-state index is -0.109. The molecule has 3 heteroatoms. The maximum atomic E-state index is 5.30. The van der Waals surface area contributed by atoms with E-state index in [4.69, 9.17) is 11.7 Å². The lowest BCUT2D eigenvalue weighted by Crippen LogP contribution is -2.54. The number of hydrogen-bond donors (Lipinski definition) is 0. The first kappa shape index (κ1) is 13.5. The van der Waals surface area contributed by atoms with Gasteiger partial charge in [-0.3, -0.25) is 9.80 Å². The van der Waals surface area contributed by atoms with E-state index in [-0.39, 0.29) is 5.54 Å². The minimum Gasteiger partial charge on any atom is -0.383 e. The highest BCUT2D eigenvalue weighted by atomic mass is 16.5. The maximum absolute atomic E-state index is 5.30. The number of nitrogens with zero attached hydrogens (tertiary/aromatic N) is 2. The van der Waals surface area contributed by atoms with E-state index >= 15 is 0 Å². The first-order valence-electron chi connectivity index (χ1n) is 5.79. The van der Waals surface area contributed by atoms with Gasteiger partial charge in [-0.15, -0.1) is 0 Å². The zero-order valence-corrected chi connectivity index (χ0v) is 10.6. The van der Waals surface area contributed by atoms with E-state index in [2.05, 4.69) is 35.5 Å². The molecular formula is C13H22N2O. The Labute approximate surface area is 99.7 Å². The summed E-state index contributed by atoms with van der Waals surface area (Å²) in [6.07, 6.45) is 0. The Kier molecular flexibility index (Phi) is 5.27. The van der Waals surface area contributed by atoms with Gasteiger partial charge in [0.1, 0.15) is 0 Å². The summed E-state index contributed by atoms with van der Waals surface area (Å²) in [7, 11) is 1.75. The monoisotopic (exact) mass is 222 g/mol. The van der Waals surface area contributed by atoms with E-state index in [1.165, 1.54) is 0 Å². The molecule has 0 saturated carbocycles. The molecular weight excluding hydrogens is 200 g/mol. The highest BCUT2D eigenvalue weighted by molar-refractivity contribution is 5.16. The molecule has 2 radical (unpaired) electrons. The van der Waals surface area contributed by atoms with Gasteiger partial charge in [0.15, 0.2) is 0 Å². The highest BCUT2D eigenvalue weighted by Gasteiger charge is 2.27. The summed E-state index contributed by atoms with van der Waals surface area (Å²) in [5.74, 6) is 5.59. The molecule has 0 unspecified atom stereocenters. The van der Waals surface area contributed by atoms with Crippen LogP contribution in [0.25, 0.3) is 0 Å². The van der Waals surface area contributed by atoms with Gasteiger partial charge < -0.3 is 4.74 Å². The Balaban J connectivity index is 2.38. The number of ether oxygens (including phenoxy) is 1. The van der Waals surface area contributed by atoms with Gasteiger partial charge in [0.2, 0.25) is 0 Å². The van der Waals surface area contributed by atoms with E-state index in [1.54, 1.807) is 7.11 Å². The molecule has 1 aliphatic heterocycles. The third-order valence-corrected chi connectivity index (χ3v) is 3.15. The first-order valence-corrected chi connectivity index (χ1v) is 5.79. The highest BCUT2D eigenvalue weighted by Crippen LogP contribution is 2.15. The van der Waals surface area contributed by atoms with Crippen LogP contribution in [0.2, 0.25) is 0 Å². The van der Waals surface area contributed by atoms with E-state index < -0.39 is 0 Å². The predicted octanol–water partition coefficient (Wildman–Crippen LogP) is 0.743. The molecule has 1 aliphatic rings. The quantitative estimate of drug-likeness (QED) is 0.653. The second kappa shape index (κ2) is 6.24. The molecule has 1 fully saturated rings. The zero-order valence-electron chi connectivity index (χ0n) is 10.6. The fourth-order valence-corrected chi connectivity index (χ4v) is 2.01. The van der Waals surface area contributed by atoms with Crippen LogP contribution in [-0.4, -0.2) is 61.8 Å². The fourth-order valence-electron chi connectivity index (χ4n) is 2.01. The molecule has 0 amide bonds. The minimum absolute atomic E-state index is 0.109. The second-order valence-corrected chi connectivity index (χ2v) is 4.65. The Hall–Kier alpha value is -0.560. The van der Waals surface area contributed by atoms with E-state index in [1.807, 2.05) is 0 Å². The molecule has 1 rings (SSSR count). The van der Waals surface area contributed by atoms with Crippen molar-refractivity contribution in [1.82, 2.24) is 9.80 Å². The van der Waals surface area contributed by atoms with Crippen LogP contribution in [0.4, 0.5) is 0 Å². The van der Waals surface area contributed by atoms with Gasteiger partial charge in [-0.05, 0) is 13.8 Å². The summed E-state index contributed by atoms with van der Waals surface area (Å²) in [6.45, 7) is 15.6. The van der Waals surface area contributed by atoms with Crippen LogP contribution in [0.3, 0.4) is 0 Å². The second-order valence-electron chi connectivity index (χ2n) is 4.65. The van der Waals surface area contributed by atoms with Crippen LogP contribution < -0.4 is 0 Å². The number of rotatable bonds is 4. The largest absolute Gasteiger partial charge is 0.383 e. The molecule has 1 heterocycles. The Bertz CT molecular complexity index is 257. The van der Waals surface area contributed by atoms with Crippen molar-refractivity contribution in [2.24, 2.45) is 0 Å². The van der Waals surface area contributed by atoms with Gasteiger partial charge in [-0.25, -0.2) is 0 Å². The van der Waals surface area contributed by atoms with E-state index in [0.29, 0.717) is 0 Å². The van der Waals surface area contributed by atoms with Gasteiger partial charge in [-0.1, -0.05) is 11.8 Å². The summed E-state index contributed by atoms with van der Waals surface area (Å²) >= 11 is 0. The lowest BCUT2D eigenvalue weighted by molar-refractivity contribution is 0.0638. The maximum Gasteiger partial charge on any atom is 0.0769 e. The molecule has 1 saturated heterocycles. The molecule has 3 nitrogen and oxygen atoms in total. The van der Waals surface area contributed by atoms with Gasteiger partial charge >= 0.3 is 0 Å². The Morgan fingerprint density at radius 2 is 1.88 bits per heavy atom. The van der Waals surface area contributed by atoms with Crippen molar-refractivity contribution in [2.45, 2.75) is 19.4 Å². The van der Waals surface area contributed by atoms with Gasteiger partial charge in [0.05, 0.1) is 19.1 Å². The van der Waals surface area contributed by atoms with Crippen LogP contribution in [0.15, 0.2) is 0 Å². The van der Waals surface area contributed by atoms with Crippen molar-refractivity contribution in [1.29, 1.82) is 0 Å². The number of piperazine rings is 1. The molecule has 0 atom stereocenters. The molecule has 16 heavy (non-hydrogen) atoms. The first-order chi connectivity index (χ1) is 7.60. The van der Waals surface area contributed by atoms with Crippen molar-refractivity contribution in [2.75, 3.05) is 46.4 Å². The molecule has 0 spiro atoms. The molecule has 0 aromatic heterocycles. The van der Waals surface area contributed by atoms with Crippen molar-refractivity contribution >= 4 is 0 Å². The van der Waals surface area contributed by atoms with Crippen molar-refractivity contribution in [3.05, 3.63) is 6.92 Å². The average molecular weight is 222 g/mol. The van der Waals surface area contributed by atoms with Crippen LogP contribution in [0.5, 0.6) is 0 Å². The van der Waals surface area contributed by atoms with Gasteiger partial charge in [0, 0.05) is 39.8 Å². The lowest BCUT2D eigenvalue weighted by atomic mass is 10.0. The molecule has 90 valence electrons. The zero-order chi connectivity index (χ0) is 12.0. The SMILES string of the molecule is [CH]C#CC(C)(C)N1CCN(CCOC)CC1. The summed E-state index contributed by atoms with van der Waals surface area (Å²) in [4.78, 5) is 4.81. The van der Waals surface area contributed by atoms with Crippen molar-refractivity contribution in [3.63, 3.8) is 0 Å². The summed E-state index contributed by atoms with van der Waals surface area (Å²) in [5.41, 5.74) is -0.109. The number of methoxy groups -OCH3 is 1.